The van der Waals surface area contributed by atoms with E-state index in [0.717, 1.165) is 0 Å². The molecular weight excluding hydrogens is 383 g/mol. The first-order valence-corrected chi connectivity index (χ1v) is 18.9. The molecule has 7 nitrogen and oxygen atoms in total. The van der Waals surface area contributed by atoms with Gasteiger partial charge in [0.1, 0.15) is 6.16 Å². The molecule has 0 saturated heterocycles. The first-order chi connectivity index (χ1) is 10.6. The van der Waals surface area contributed by atoms with Crippen LogP contribution in [0, 0.1) is 0 Å². The van der Waals surface area contributed by atoms with Crippen LogP contribution in [0.3, 0.4) is 0 Å². The van der Waals surface area contributed by atoms with Gasteiger partial charge in [-0.1, -0.05) is 0 Å². The van der Waals surface area contributed by atoms with Crippen LogP contribution in [-0.4, -0.2) is 50.8 Å². The average Bonchev–Trinajstić information content (AvgIpc) is 2.21. The molecule has 0 aliphatic carbocycles. The Labute approximate surface area is 149 Å². The lowest BCUT2D eigenvalue weighted by atomic mass is 10.8. The molecule has 0 fully saturated rings. The lowest BCUT2D eigenvalue weighted by Gasteiger charge is -2.36. The van der Waals surface area contributed by atoms with Gasteiger partial charge in [0.05, 0.1) is 13.2 Å². The van der Waals surface area contributed by atoms with Gasteiger partial charge in [-0.3, -0.25) is 9.36 Å². The summed E-state index contributed by atoms with van der Waals surface area (Å²) in [6, 6.07) is 0. The zero-order valence-electron chi connectivity index (χ0n) is 16.4. The van der Waals surface area contributed by atoms with Crippen molar-refractivity contribution in [1.82, 2.24) is 0 Å². The lowest BCUT2D eigenvalue weighted by molar-refractivity contribution is -0.134. The van der Waals surface area contributed by atoms with E-state index in [4.69, 9.17) is 21.7 Å². The van der Waals surface area contributed by atoms with Crippen LogP contribution in [0.5, 0.6) is 0 Å². The third-order valence-electron chi connectivity index (χ3n) is 2.26. The highest BCUT2D eigenvalue weighted by molar-refractivity contribution is 7.54. The molecule has 0 spiro atoms. The van der Waals surface area contributed by atoms with E-state index in [0.29, 0.717) is 0 Å². The van der Waals surface area contributed by atoms with Crippen molar-refractivity contribution in [3.05, 3.63) is 0 Å². The van der Waals surface area contributed by atoms with Crippen molar-refractivity contribution in [2.24, 2.45) is 0 Å². The SMILES string of the molecule is CCOP(=O)(CC(=O)O[Si](C)(O[Si](C)(C)C)O[Si](C)(C)C)OCC. The van der Waals surface area contributed by atoms with E-state index in [1.165, 1.54) is 0 Å². The van der Waals surface area contributed by atoms with E-state index in [2.05, 4.69) is 0 Å². The number of carbonyl (C=O) groups is 1. The smallest absolute Gasteiger partial charge is 0.474 e. The van der Waals surface area contributed by atoms with E-state index in [-0.39, 0.29) is 13.2 Å². The summed E-state index contributed by atoms with van der Waals surface area (Å²) in [4.78, 5) is 12.3. The molecule has 0 heterocycles. The predicted molar refractivity (Wildman–Crippen MR) is 102 cm³/mol. The van der Waals surface area contributed by atoms with E-state index in [1.807, 2.05) is 39.3 Å². The van der Waals surface area contributed by atoms with Crippen molar-refractivity contribution < 1.29 is 31.1 Å². The molecule has 0 aromatic carbocycles. The predicted octanol–water partition coefficient (Wildman–Crippen LogP) is 4.07. The normalized spacial score (nSPS) is 13.9. The fourth-order valence-corrected chi connectivity index (χ4v) is 13.9. The van der Waals surface area contributed by atoms with Gasteiger partial charge in [-0.05, 0) is 53.1 Å². The van der Waals surface area contributed by atoms with Crippen LogP contribution >= 0.6 is 7.60 Å². The van der Waals surface area contributed by atoms with Crippen LogP contribution in [-0.2, 0) is 31.1 Å². The van der Waals surface area contributed by atoms with Gasteiger partial charge in [0.15, 0.2) is 16.6 Å². The summed E-state index contributed by atoms with van der Waals surface area (Å²) in [5.41, 5.74) is 0. The Bertz CT molecular complexity index is 433. The maximum absolute atomic E-state index is 12.5. The minimum absolute atomic E-state index is 0.191. The molecule has 0 amide bonds. The van der Waals surface area contributed by atoms with Crippen molar-refractivity contribution in [3.8, 4) is 0 Å². The second-order valence-corrected chi connectivity index (χ2v) is 21.4. The minimum atomic E-state index is -3.50. The van der Waals surface area contributed by atoms with Gasteiger partial charge in [0, 0.05) is 6.55 Å². The molecule has 0 aliphatic heterocycles. The molecule has 0 aromatic heterocycles. The average molecular weight is 417 g/mol. The maximum atomic E-state index is 12.5. The summed E-state index contributed by atoms with van der Waals surface area (Å²) >= 11 is 0. The molecule has 0 aromatic rings. The van der Waals surface area contributed by atoms with Crippen LogP contribution in [0.15, 0.2) is 0 Å². The topological polar surface area (TPSA) is 80.3 Å². The quantitative estimate of drug-likeness (QED) is 0.371. The monoisotopic (exact) mass is 416 g/mol. The standard InChI is InChI=1S/C13H33O7PSi3/c1-10-16-21(15,17-11-2)12-13(14)18-24(9,19-22(3,4)5)20-23(6,7)8/h10-12H2,1-9H3. The van der Waals surface area contributed by atoms with Crippen molar-refractivity contribution in [2.45, 2.75) is 59.7 Å². The molecule has 0 rings (SSSR count). The third-order valence-corrected chi connectivity index (χ3v) is 12.7. The molecule has 24 heavy (non-hydrogen) atoms. The first-order valence-electron chi connectivity index (χ1n) is 8.14. The Morgan fingerprint density at radius 1 is 0.833 bits per heavy atom. The molecule has 11 heteroatoms. The number of hydrogen-bond donors (Lipinski definition) is 0. The van der Waals surface area contributed by atoms with Crippen LogP contribution in [0.4, 0.5) is 0 Å². The summed E-state index contributed by atoms with van der Waals surface area (Å²) < 4.78 is 40.5. The van der Waals surface area contributed by atoms with Crippen molar-refractivity contribution in [2.75, 3.05) is 19.4 Å². The van der Waals surface area contributed by atoms with Gasteiger partial charge in [0.25, 0.3) is 0 Å². The van der Waals surface area contributed by atoms with Crippen LogP contribution in [0.1, 0.15) is 13.8 Å². The molecule has 0 unspecified atom stereocenters. The molecule has 0 N–H and O–H groups in total. The van der Waals surface area contributed by atoms with E-state index in [9.17, 15) is 9.36 Å². The Kier molecular flexibility index (Phi) is 9.29. The molecule has 0 radical (unpaired) electrons. The maximum Gasteiger partial charge on any atom is 0.543 e. The second kappa shape index (κ2) is 9.22. The Morgan fingerprint density at radius 2 is 1.21 bits per heavy atom. The van der Waals surface area contributed by atoms with E-state index >= 15 is 0 Å². The molecule has 144 valence electrons. The fourth-order valence-electron chi connectivity index (χ4n) is 2.09. The largest absolute Gasteiger partial charge is 0.543 e. The zero-order valence-corrected chi connectivity index (χ0v) is 20.3. The summed E-state index contributed by atoms with van der Waals surface area (Å²) in [5.74, 6) is -0.675. The number of rotatable bonds is 11. The van der Waals surface area contributed by atoms with Crippen LogP contribution in [0.2, 0.25) is 45.8 Å². The van der Waals surface area contributed by atoms with E-state index < -0.39 is 45.2 Å². The summed E-state index contributed by atoms with van der Waals surface area (Å²) in [6.45, 7) is 17.5. The van der Waals surface area contributed by atoms with Gasteiger partial charge in [-0.25, -0.2) is 0 Å². The second-order valence-electron chi connectivity index (χ2n) is 7.37. The molecular formula is C13H33O7PSi3. The first kappa shape index (κ1) is 24.2. The Morgan fingerprint density at radius 3 is 1.50 bits per heavy atom. The molecule has 0 saturated carbocycles. The van der Waals surface area contributed by atoms with Crippen LogP contribution < -0.4 is 0 Å². The summed E-state index contributed by atoms with van der Waals surface area (Å²) in [5, 5.41) is 0. The van der Waals surface area contributed by atoms with Gasteiger partial charge in [-0.2, -0.15) is 0 Å². The molecule has 0 atom stereocenters. The van der Waals surface area contributed by atoms with Crippen LogP contribution in [0.25, 0.3) is 0 Å². The summed E-state index contributed by atoms with van der Waals surface area (Å²) in [6.07, 6.45) is -0.443. The van der Waals surface area contributed by atoms with E-state index in [1.54, 1.807) is 20.4 Å². The molecule has 0 aliphatic rings. The lowest BCUT2D eigenvalue weighted by Crippen LogP contribution is -2.55. The Balaban J connectivity index is 5.20. The van der Waals surface area contributed by atoms with Gasteiger partial charge in [-0.15, -0.1) is 0 Å². The number of hydrogen-bond acceptors (Lipinski definition) is 7. The Hall–Kier alpha value is 0.191. The van der Waals surface area contributed by atoms with Gasteiger partial charge < -0.3 is 21.7 Å². The zero-order chi connectivity index (χ0) is 19.2. The fraction of sp³-hybridized carbons (Fsp3) is 0.923. The van der Waals surface area contributed by atoms with Gasteiger partial charge in [0.2, 0.25) is 0 Å². The van der Waals surface area contributed by atoms with Gasteiger partial charge >= 0.3 is 22.4 Å². The summed E-state index contributed by atoms with van der Waals surface area (Å²) in [7, 11) is -10.7. The molecule has 0 bridgehead atoms. The van der Waals surface area contributed by atoms with Crippen molar-refractivity contribution in [3.63, 3.8) is 0 Å². The third kappa shape index (κ3) is 10.9. The van der Waals surface area contributed by atoms with Crippen molar-refractivity contribution in [1.29, 1.82) is 0 Å². The highest BCUT2D eigenvalue weighted by atomic mass is 31.2. The number of carbonyl (C=O) groups excluding carboxylic acids is 1. The highest BCUT2D eigenvalue weighted by Gasteiger charge is 2.47. The minimum Gasteiger partial charge on any atom is -0.474 e. The van der Waals surface area contributed by atoms with Crippen molar-refractivity contribution >= 4 is 39.0 Å². The highest BCUT2D eigenvalue weighted by Crippen LogP contribution is 2.48.